The highest BCUT2D eigenvalue weighted by molar-refractivity contribution is 7.15. The Kier molecular flexibility index (Phi) is 6.66. The predicted molar refractivity (Wildman–Crippen MR) is 122 cm³/mol. The minimum atomic E-state index is -0.0279. The van der Waals surface area contributed by atoms with Gasteiger partial charge >= 0.3 is 0 Å². The van der Waals surface area contributed by atoms with Crippen molar-refractivity contribution < 1.29 is 23.4 Å². The lowest BCUT2D eigenvalue weighted by Gasteiger charge is -2.34. The molecule has 0 unspecified atom stereocenters. The molecule has 1 aliphatic rings. The molecule has 0 aliphatic carbocycles. The molecule has 3 heterocycles. The number of piperazine rings is 1. The summed E-state index contributed by atoms with van der Waals surface area (Å²) < 4.78 is 21.9. The summed E-state index contributed by atoms with van der Waals surface area (Å²) in [5, 5.41) is 0.732. The standard InChI is InChI=1S/C23H27N3O5S/c1-15-19(24-22(32-15)18-6-5-13-31-18)23(27)26-11-9-25(10-12-26)14-16-7-8-17(28-2)21(30-4)20(16)29-3/h5-8,13H,9-12,14H2,1-4H3. The number of thiazole rings is 1. The number of hydrogen-bond acceptors (Lipinski definition) is 8. The minimum Gasteiger partial charge on any atom is -0.493 e. The molecular formula is C23H27N3O5S. The van der Waals surface area contributed by atoms with Crippen LogP contribution in [0.1, 0.15) is 20.9 Å². The predicted octanol–water partition coefficient (Wildman–Crippen LogP) is 3.70. The summed E-state index contributed by atoms with van der Waals surface area (Å²) in [5.41, 5.74) is 1.53. The monoisotopic (exact) mass is 457 g/mol. The Bertz CT molecular complexity index is 1070. The number of hydrogen-bond donors (Lipinski definition) is 0. The molecule has 4 rings (SSSR count). The molecule has 0 radical (unpaired) electrons. The molecule has 3 aromatic rings. The van der Waals surface area contributed by atoms with Gasteiger partial charge in [0.15, 0.2) is 22.3 Å². The van der Waals surface area contributed by atoms with Crippen LogP contribution in [0.3, 0.4) is 0 Å². The zero-order valence-electron chi connectivity index (χ0n) is 18.7. The molecule has 1 amide bonds. The SMILES string of the molecule is COc1ccc(CN2CCN(C(=O)c3nc(-c4ccco4)sc3C)CC2)c(OC)c1OC. The van der Waals surface area contributed by atoms with Crippen molar-refractivity contribution in [3.63, 3.8) is 0 Å². The van der Waals surface area contributed by atoms with E-state index in [1.165, 1.54) is 11.3 Å². The van der Waals surface area contributed by atoms with Crippen molar-refractivity contribution >= 4 is 17.2 Å². The van der Waals surface area contributed by atoms with Crippen molar-refractivity contribution in [3.05, 3.63) is 46.7 Å². The van der Waals surface area contributed by atoms with Gasteiger partial charge in [0.1, 0.15) is 5.69 Å². The molecule has 9 heteroatoms. The van der Waals surface area contributed by atoms with Gasteiger partial charge in [0.05, 0.1) is 27.6 Å². The second-order valence-electron chi connectivity index (χ2n) is 7.46. The fourth-order valence-corrected chi connectivity index (χ4v) is 4.76. The number of methoxy groups -OCH3 is 3. The van der Waals surface area contributed by atoms with Gasteiger partial charge in [-0.25, -0.2) is 4.98 Å². The van der Waals surface area contributed by atoms with Gasteiger partial charge in [-0.3, -0.25) is 9.69 Å². The van der Waals surface area contributed by atoms with Crippen molar-refractivity contribution in [1.29, 1.82) is 0 Å². The molecule has 1 fully saturated rings. The minimum absolute atomic E-state index is 0.0279. The molecule has 0 atom stereocenters. The van der Waals surface area contributed by atoms with E-state index >= 15 is 0 Å². The van der Waals surface area contributed by atoms with Crippen LogP contribution in [0, 0.1) is 6.92 Å². The normalized spacial score (nSPS) is 14.4. The Balaban J connectivity index is 1.41. The number of aryl methyl sites for hydroxylation is 1. The third-order valence-electron chi connectivity index (χ3n) is 5.57. The molecule has 170 valence electrons. The first-order valence-electron chi connectivity index (χ1n) is 10.4. The smallest absolute Gasteiger partial charge is 0.273 e. The Labute approximate surface area is 191 Å². The lowest BCUT2D eigenvalue weighted by atomic mass is 10.1. The molecule has 1 aliphatic heterocycles. The molecule has 2 aromatic heterocycles. The lowest BCUT2D eigenvalue weighted by Crippen LogP contribution is -2.48. The second-order valence-corrected chi connectivity index (χ2v) is 8.67. The van der Waals surface area contributed by atoms with Crippen LogP contribution in [0.2, 0.25) is 0 Å². The fraction of sp³-hybridized carbons (Fsp3) is 0.391. The van der Waals surface area contributed by atoms with Crippen molar-refractivity contribution in [3.8, 4) is 28.0 Å². The average molecular weight is 458 g/mol. The summed E-state index contributed by atoms with van der Waals surface area (Å²) in [6, 6.07) is 7.55. The van der Waals surface area contributed by atoms with E-state index in [0.29, 0.717) is 48.3 Å². The van der Waals surface area contributed by atoms with E-state index in [9.17, 15) is 4.79 Å². The van der Waals surface area contributed by atoms with E-state index in [0.717, 1.165) is 28.5 Å². The van der Waals surface area contributed by atoms with Gasteiger partial charge in [0, 0.05) is 43.2 Å². The van der Waals surface area contributed by atoms with Gasteiger partial charge in [-0.15, -0.1) is 11.3 Å². The van der Waals surface area contributed by atoms with E-state index in [1.54, 1.807) is 27.6 Å². The molecule has 8 nitrogen and oxygen atoms in total. The second kappa shape index (κ2) is 9.62. The van der Waals surface area contributed by atoms with Gasteiger partial charge in [0.2, 0.25) is 5.75 Å². The van der Waals surface area contributed by atoms with Crippen LogP contribution in [0.5, 0.6) is 17.2 Å². The molecule has 32 heavy (non-hydrogen) atoms. The van der Waals surface area contributed by atoms with Crippen LogP contribution in [0.15, 0.2) is 34.9 Å². The summed E-state index contributed by atoms with van der Waals surface area (Å²) in [7, 11) is 4.84. The molecular weight excluding hydrogens is 430 g/mol. The number of carbonyl (C=O) groups excluding carboxylic acids is 1. The van der Waals surface area contributed by atoms with E-state index in [1.807, 2.05) is 36.1 Å². The van der Waals surface area contributed by atoms with Crippen molar-refractivity contribution in [2.75, 3.05) is 47.5 Å². The highest BCUT2D eigenvalue weighted by Gasteiger charge is 2.27. The van der Waals surface area contributed by atoms with Crippen molar-refractivity contribution in [2.45, 2.75) is 13.5 Å². The van der Waals surface area contributed by atoms with Gasteiger partial charge in [-0.1, -0.05) is 6.07 Å². The van der Waals surface area contributed by atoms with Crippen molar-refractivity contribution in [1.82, 2.24) is 14.8 Å². The average Bonchev–Trinajstić information content (AvgIpc) is 3.48. The zero-order chi connectivity index (χ0) is 22.7. The van der Waals surface area contributed by atoms with Gasteiger partial charge in [0.25, 0.3) is 5.91 Å². The first kappa shape index (κ1) is 22.2. The van der Waals surface area contributed by atoms with Gasteiger partial charge < -0.3 is 23.5 Å². The first-order valence-corrected chi connectivity index (χ1v) is 11.2. The van der Waals surface area contributed by atoms with Crippen molar-refractivity contribution in [2.24, 2.45) is 0 Å². The van der Waals surface area contributed by atoms with Crippen LogP contribution in [0.25, 0.3) is 10.8 Å². The topological polar surface area (TPSA) is 77.3 Å². The number of carbonyl (C=O) groups is 1. The van der Waals surface area contributed by atoms with E-state index in [-0.39, 0.29) is 5.91 Å². The van der Waals surface area contributed by atoms with E-state index in [4.69, 9.17) is 18.6 Å². The quantitative estimate of drug-likeness (QED) is 0.535. The number of benzene rings is 1. The molecule has 1 aromatic carbocycles. The number of rotatable bonds is 7. The summed E-state index contributed by atoms with van der Waals surface area (Å²) in [6.45, 7) is 5.43. The maximum absolute atomic E-state index is 13.1. The summed E-state index contributed by atoms with van der Waals surface area (Å²) >= 11 is 1.48. The molecule has 0 spiro atoms. The van der Waals surface area contributed by atoms with Gasteiger partial charge in [-0.05, 0) is 25.1 Å². The highest BCUT2D eigenvalue weighted by Crippen LogP contribution is 2.40. The number of nitrogens with zero attached hydrogens (tertiary/aromatic N) is 3. The van der Waals surface area contributed by atoms with Crippen LogP contribution in [-0.4, -0.2) is 68.2 Å². The van der Waals surface area contributed by atoms with E-state index < -0.39 is 0 Å². The maximum Gasteiger partial charge on any atom is 0.273 e. The number of amides is 1. The number of ether oxygens (including phenoxy) is 3. The third kappa shape index (κ3) is 4.31. The third-order valence-corrected chi connectivity index (χ3v) is 6.56. The molecule has 0 saturated carbocycles. The Morgan fingerprint density at radius 2 is 1.81 bits per heavy atom. The molecule has 0 bridgehead atoms. The van der Waals surface area contributed by atoms with Crippen LogP contribution < -0.4 is 14.2 Å². The molecule has 1 saturated heterocycles. The maximum atomic E-state index is 13.1. The van der Waals surface area contributed by atoms with E-state index in [2.05, 4.69) is 9.88 Å². The fourth-order valence-electron chi connectivity index (χ4n) is 3.89. The number of furan rings is 1. The summed E-state index contributed by atoms with van der Waals surface area (Å²) in [6.07, 6.45) is 1.61. The Morgan fingerprint density at radius 3 is 2.44 bits per heavy atom. The zero-order valence-corrected chi connectivity index (χ0v) is 19.5. The highest BCUT2D eigenvalue weighted by atomic mass is 32.1. The van der Waals surface area contributed by atoms with Crippen LogP contribution in [-0.2, 0) is 6.54 Å². The lowest BCUT2D eigenvalue weighted by molar-refractivity contribution is 0.0621. The summed E-state index contributed by atoms with van der Waals surface area (Å²) in [5.74, 6) is 2.56. The largest absolute Gasteiger partial charge is 0.493 e. The first-order chi connectivity index (χ1) is 15.5. The Morgan fingerprint density at radius 1 is 1.06 bits per heavy atom. The number of aromatic nitrogens is 1. The summed E-state index contributed by atoms with van der Waals surface area (Å²) in [4.78, 5) is 22.7. The van der Waals surface area contributed by atoms with Gasteiger partial charge in [-0.2, -0.15) is 0 Å². The van der Waals surface area contributed by atoms with Crippen LogP contribution >= 0.6 is 11.3 Å². The Hall–Kier alpha value is -3.04. The van der Waals surface area contributed by atoms with Crippen LogP contribution in [0.4, 0.5) is 0 Å². The molecule has 0 N–H and O–H groups in total.